The molecule has 0 aliphatic carbocycles. The van der Waals surface area contributed by atoms with Gasteiger partial charge < -0.3 is 50.2 Å². The summed E-state index contributed by atoms with van der Waals surface area (Å²) in [6.45, 7) is 0. The molecule has 6 N–H and O–H groups in total. The van der Waals surface area contributed by atoms with Gasteiger partial charge in [-0.25, -0.2) is 19.6 Å². The number of nitrogens with zero attached hydrogens (tertiary/aromatic N) is 2. The largest absolute Gasteiger partial charge is 2.00 e. The maximum atomic E-state index is 9.86. The Morgan fingerprint density at radius 1 is 0.806 bits per heavy atom. The number of aliphatic carboxylic acids is 4. The van der Waals surface area contributed by atoms with E-state index in [2.05, 4.69) is 19.9 Å². The number of carbonyl (C=O) groups is 4. The zero-order chi connectivity index (χ0) is 23.1. The van der Waals surface area contributed by atoms with Crippen molar-refractivity contribution in [3.8, 4) is 0 Å². The molecular weight excluding hydrogens is 487 g/mol. The number of hydrogen-bond donors (Lipinski definition) is 6. The van der Waals surface area contributed by atoms with Crippen molar-refractivity contribution >= 4 is 53.1 Å². The van der Waals surface area contributed by atoms with Gasteiger partial charge in [0.05, 0.1) is 36.0 Å². The van der Waals surface area contributed by atoms with Crippen LogP contribution in [0.3, 0.4) is 0 Å². The van der Waals surface area contributed by atoms with Gasteiger partial charge in [0.1, 0.15) is 0 Å². The zero-order valence-electron chi connectivity index (χ0n) is 15.3. The van der Waals surface area contributed by atoms with Crippen LogP contribution in [-0.2, 0) is 19.2 Å². The number of aliphatic hydroxyl groups is 2. The fourth-order valence-electron chi connectivity index (χ4n) is 1.30. The van der Waals surface area contributed by atoms with Crippen molar-refractivity contribution in [1.82, 2.24) is 19.9 Å². The first kappa shape index (κ1) is 29.4. The van der Waals surface area contributed by atoms with Crippen LogP contribution in [0.2, 0.25) is 0 Å². The summed E-state index contributed by atoms with van der Waals surface area (Å²) in [5.74, 6) is -5.98. The molecule has 2 atom stereocenters. The SMILES string of the molecule is O=C(O)C(O)C(O)C(=O)O.O=C([O-])C=Cc1c[nH]cn1.O=C([O-])C=Cc1c[nH]cn1.[Se+2]. The summed E-state index contributed by atoms with van der Waals surface area (Å²) in [6, 6.07) is 0. The number of rotatable bonds is 7. The molecule has 14 nitrogen and oxygen atoms in total. The van der Waals surface area contributed by atoms with Crippen LogP contribution in [0.4, 0.5) is 0 Å². The summed E-state index contributed by atoms with van der Waals surface area (Å²) in [5, 5.41) is 52.2. The molecule has 2 rings (SSSR count). The van der Waals surface area contributed by atoms with Crippen molar-refractivity contribution in [3.63, 3.8) is 0 Å². The molecule has 2 aromatic rings. The molecule has 0 aromatic carbocycles. The average Bonchev–Trinajstić information content (AvgIpc) is 3.38. The van der Waals surface area contributed by atoms with Crippen LogP contribution in [0.25, 0.3) is 12.2 Å². The number of aromatic amines is 2. The van der Waals surface area contributed by atoms with Gasteiger partial charge in [-0.15, -0.1) is 0 Å². The molecule has 0 fully saturated rings. The van der Waals surface area contributed by atoms with Gasteiger partial charge in [-0.1, -0.05) is 0 Å². The van der Waals surface area contributed by atoms with E-state index in [9.17, 15) is 29.4 Å². The molecule has 0 spiro atoms. The topological polar surface area (TPSA) is 253 Å². The van der Waals surface area contributed by atoms with E-state index in [4.69, 9.17) is 20.4 Å². The smallest absolute Gasteiger partial charge is 0.545 e. The first-order chi connectivity index (χ1) is 14.0. The molecule has 15 heteroatoms. The van der Waals surface area contributed by atoms with Gasteiger partial charge in [-0.2, -0.15) is 0 Å². The molecular formula is C16H16N4O10Se. The molecule has 0 amide bonds. The second-order valence-corrected chi connectivity index (χ2v) is 4.86. The van der Waals surface area contributed by atoms with Gasteiger partial charge in [0.2, 0.25) is 0 Å². The summed E-state index contributed by atoms with van der Waals surface area (Å²) < 4.78 is 0. The summed E-state index contributed by atoms with van der Waals surface area (Å²) in [6.07, 6.45) is 6.13. The van der Waals surface area contributed by atoms with Crippen molar-refractivity contribution in [2.24, 2.45) is 0 Å². The Morgan fingerprint density at radius 3 is 1.32 bits per heavy atom. The van der Waals surface area contributed by atoms with E-state index >= 15 is 0 Å². The Morgan fingerprint density at radius 2 is 1.13 bits per heavy atom. The molecule has 0 aliphatic heterocycles. The first-order valence-corrected chi connectivity index (χ1v) is 7.62. The number of hydrogen-bond acceptors (Lipinski definition) is 10. The number of carbonyl (C=O) groups excluding carboxylic acids is 2. The predicted molar refractivity (Wildman–Crippen MR) is 98.3 cm³/mol. The number of nitrogens with one attached hydrogen (secondary N) is 2. The summed E-state index contributed by atoms with van der Waals surface area (Å²) in [4.78, 5) is 52.1. The fourth-order valence-corrected chi connectivity index (χ4v) is 1.30. The van der Waals surface area contributed by atoms with E-state index in [0.29, 0.717) is 11.4 Å². The first-order valence-electron chi connectivity index (χ1n) is 7.62. The molecule has 166 valence electrons. The van der Waals surface area contributed by atoms with E-state index in [1.165, 1.54) is 24.8 Å². The Kier molecular flexibility index (Phi) is 15.2. The molecule has 31 heavy (non-hydrogen) atoms. The molecule has 0 saturated carbocycles. The van der Waals surface area contributed by atoms with Crippen LogP contribution in [-0.4, -0.2) is 93.5 Å². The number of carboxylic acids is 4. The van der Waals surface area contributed by atoms with Gasteiger partial charge >= 0.3 is 29.0 Å². The number of carboxylic acid groups (broad SMARTS) is 4. The van der Waals surface area contributed by atoms with Gasteiger partial charge in [0, 0.05) is 12.4 Å². The molecule has 0 bridgehead atoms. The van der Waals surface area contributed by atoms with Crippen LogP contribution in [0.5, 0.6) is 0 Å². The molecule has 4 radical (unpaired) electrons. The van der Waals surface area contributed by atoms with E-state index in [-0.39, 0.29) is 17.1 Å². The normalized spacial score (nSPS) is 11.8. The third-order valence-electron chi connectivity index (χ3n) is 2.62. The van der Waals surface area contributed by atoms with E-state index in [1.807, 2.05) is 0 Å². The van der Waals surface area contributed by atoms with Crippen molar-refractivity contribution < 1.29 is 49.8 Å². The Hall–Kier alpha value is -3.78. The number of aromatic nitrogens is 4. The standard InChI is InChI=1S/2C6H6N2O2.C4H6O6.Se/c2*9-6(10)2-1-5-3-7-4-8-5;5-1(3(7)8)2(6)4(9)10;/h2*1-4H,(H,7,8)(H,9,10);1-2,5-6H,(H,7,8)(H,9,10);/q;;;+2/p-2. The summed E-state index contributed by atoms with van der Waals surface area (Å²) in [5.41, 5.74) is 1.15. The third-order valence-corrected chi connectivity index (χ3v) is 2.62. The van der Waals surface area contributed by atoms with Gasteiger partial charge in [-0.3, -0.25) is 0 Å². The Balaban J connectivity index is 0. The number of H-pyrrole nitrogens is 2. The minimum Gasteiger partial charge on any atom is -0.545 e. The maximum Gasteiger partial charge on any atom is 2.00 e. The van der Waals surface area contributed by atoms with E-state index in [1.54, 1.807) is 12.4 Å². The van der Waals surface area contributed by atoms with Crippen molar-refractivity contribution in [1.29, 1.82) is 0 Å². The van der Waals surface area contributed by atoms with Crippen LogP contribution in [0, 0.1) is 0 Å². The van der Waals surface area contributed by atoms with Crippen LogP contribution < -0.4 is 10.2 Å². The molecule has 2 aromatic heterocycles. The minimum absolute atomic E-state index is 0. The maximum absolute atomic E-state index is 9.86. The average molecular weight is 503 g/mol. The zero-order valence-corrected chi connectivity index (χ0v) is 17.0. The van der Waals surface area contributed by atoms with Gasteiger partial charge in [0.15, 0.2) is 12.2 Å². The molecule has 2 heterocycles. The predicted octanol–water partition coefficient (Wildman–Crippen LogP) is -4.16. The van der Waals surface area contributed by atoms with E-state index < -0.39 is 36.1 Å². The molecule has 2 unspecified atom stereocenters. The monoisotopic (exact) mass is 504 g/mol. The molecule has 0 aliphatic rings. The van der Waals surface area contributed by atoms with E-state index in [0.717, 1.165) is 12.2 Å². The minimum atomic E-state index is -2.27. The van der Waals surface area contributed by atoms with Crippen LogP contribution in [0.15, 0.2) is 37.2 Å². The summed E-state index contributed by atoms with van der Waals surface area (Å²) >= 11 is 0. The quantitative estimate of drug-likeness (QED) is 0.156. The van der Waals surface area contributed by atoms with Gasteiger partial charge in [0.25, 0.3) is 0 Å². The van der Waals surface area contributed by atoms with Crippen molar-refractivity contribution in [2.45, 2.75) is 12.2 Å². The second kappa shape index (κ2) is 16.1. The third kappa shape index (κ3) is 14.8. The number of imidazole rings is 2. The molecule has 0 saturated heterocycles. The second-order valence-electron chi connectivity index (χ2n) is 4.86. The van der Waals surface area contributed by atoms with Crippen molar-refractivity contribution in [2.75, 3.05) is 0 Å². The Labute approximate surface area is 184 Å². The summed E-state index contributed by atoms with van der Waals surface area (Å²) in [7, 11) is 0. The fraction of sp³-hybridized carbons (Fsp3) is 0.125. The van der Waals surface area contributed by atoms with Crippen molar-refractivity contribution in [3.05, 3.63) is 48.6 Å². The number of aliphatic hydroxyl groups excluding tert-OH is 2. The van der Waals surface area contributed by atoms with Gasteiger partial charge in [-0.05, 0) is 24.3 Å². The Bertz CT molecular complexity index is 793. The van der Waals surface area contributed by atoms with Crippen LogP contribution >= 0.6 is 0 Å². The van der Waals surface area contributed by atoms with Crippen LogP contribution in [0.1, 0.15) is 11.4 Å².